The van der Waals surface area contributed by atoms with Crippen LogP contribution in [0.15, 0.2) is 42.5 Å². The fourth-order valence-electron chi connectivity index (χ4n) is 2.42. The van der Waals surface area contributed by atoms with Gasteiger partial charge in [0.25, 0.3) is 5.91 Å². The zero-order valence-electron chi connectivity index (χ0n) is 13.3. The highest BCUT2D eigenvalue weighted by molar-refractivity contribution is 5.96. The molecule has 0 bridgehead atoms. The number of fused-ring (bicyclic) bond motifs is 1. The zero-order valence-corrected chi connectivity index (χ0v) is 13.3. The Hall–Kier alpha value is -3.02. The van der Waals surface area contributed by atoms with Crippen LogP contribution in [-0.4, -0.2) is 25.0 Å². The maximum Gasteiger partial charge on any atom is 0.251 e. The van der Waals surface area contributed by atoms with Gasteiger partial charge in [-0.15, -0.1) is 0 Å². The van der Waals surface area contributed by atoms with E-state index >= 15 is 0 Å². The summed E-state index contributed by atoms with van der Waals surface area (Å²) in [5.41, 5.74) is 2.00. The summed E-state index contributed by atoms with van der Waals surface area (Å²) < 4.78 is 11.0. The van der Waals surface area contributed by atoms with Crippen LogP contribution in [0.4, 0.5) is 5.69 Å². The van der Waals surface area contributed by atoms with Crippen LogP contribution in [0.1, 0.15) is 22.8 Å². The quantitative estimate of drug-likeness (QED) is 0.904. The normalized spacial score (nSPS) is 12.4. The maximum absolute atomic E-state index is 12.3. The van der Waals surface area contributed by atoms with Crippen LogP contribution in [0, 0.1) is 0 Å². The highest BCUT2D eigenvalue weighted by Crippen LogP contribution is 2.30. The van der Waals surface area contributed by atoms with Crippen LogP contribution < -0.4 is 20.1 Å². The Kier molecular flexibility index (Phi) is 4.65. The first kappa shape index (κ1) is 15.9. The first-order valence-corrected chi connectivity index (χ1v) is 7.66. The summed E-state index contributed by atoms with van der Waals surface area (Å²) in [7, 11) is 0. The number of hydrogen-bond acceptors (Lipinski definition) is 4. The number of amides is 2. The molecule has 1 aliphatic rings. The molecule has 6 heteroatoms. The molecule has 0 radical (unpaired) electrons. The van der Waals surface area contributed by atoms with Crippen molar-refractivity contribution in [3.05, 3.63) is 53.6 Å². The highest BCUT2D eigenvalue weighted by Gasteiger charge is 2.12. The number of rotatable bonds is 4. The molecule has 2 amide bonds. The van der Waals surface area contributed by atoms with Crippen molar-refractivity contribution in [1.29, 1.82) is 0 Å². The number of carbonyl (C=O) groups excluding carboxylic acids is 2. The second kappa shape index (κ2) is 7.04. The zero-order chi connectivity index (χ0) is 16.9. The van der Waals surface area contributed by atoms with E-state index in [1.807, 2.05) is 18.2 Å². The number of ether oxygens (including phenoxy) is 2. The number of hydrogen-bond donors (Lipinski definition) is 2. The summed E-state index contributed by atoms with van der Waals surface area (Å²) in [5.74, 6) is 1.03. The molecule has 6 nitrogen and oxygen atoms in total. The molecule has 2 N–H and O–H groups in total. The van der Waals surface area contributed by atoms with E-state index in [1.54, 1.807) is 24.3 Å². The van der Waals surface area contributed by atoms with Crippen LogP contribution in [0.25, 0.3) is 0 Å². The van der Waals surface area contributed by atoms with Crippen LogP contribution >= 0.6 is 0 Å². The third-order valence-electron chi connectivity index (χ3n) is 3.50. The van der Waals surface area contributed by atoms with Crippen molar-refractivity contribution in [1.82, 2.24) is 5.32 Å². The van der Waals surface area contributed by atoms with Gasteiger partial charge in [0.15, 0.2) is 11.5 Å². The highest BCUT2D eigenvalue weighted by atomic mass is 16.6. The predicted octanol–water partition coefficient (Wildman–Crippen LogP) is 2.35. The second-order valence-corrected chi connectivity index (χ2v) is 5.42. The summed E-state index contributed by atoms with van der Waals surface area (Å²) >= 11 is 0. The van der Waals surface area contributed by atoms with Gasteiger partial charge in [-0.05, 0) is 35.9 Å². The Morgan fingerprint density at radius 3 is 2.62 bits per heavy atom. The molecule has 0 unspecified atom stereocenters. The molecule has 0 spiro atoms. The smallest absolute Gasteiger partial charge is 0.251 e. The van der Waals surface area contributed by atoms with Gasteiger partial charge in [0, 0.05) is 24.7 Å². The molecule has 2 aromatic rings. The van der Waals surface area contributed by atoms with Gasteiger partial charge in [0.2, 0.25) is 5.91 Å². The summed E-state index contributed by atoms with van der Waals surface area (Å²) in [5, 5.41) is 5.51. The van der Waals surface area contributed by atoms with E-state index in [0.717, 1.165) is 11.3 Å². The maximum atomic E-state index is 12.3. The molecule has 0 saturated carbocycles. The molecule has 3 rings (SSSR count). The molecule has 1 aliphatic heterocycles. The van der Waals surface area contributed by atoms with E-state index in [4.69, 9.17) is 9.47 Å². The Bertz CT molecular complexity index is 773. The van der Waals surface area contributed by atoms with Crippen molar-refractivity contribution in [2.45, 2.75) is 13.5 Å². The molecule has 24 heavy (non-hydrogen) atoms. The van der Waals surface area contributed by atoms with Gasteiger partial charge in [-0.3, -0.25) is 9.59 Å². The van der Waals surface area contributed by atoms with Crippen LogP contribution in [0.5, 0.6) is 11.5 Å². The van der Waals surface area contributed by atoms with Gasteiger partial charge < -0.3 is 20.1 Å². The molecule has 2 aromatic carbocycles. The van der Waals surface area contributed by atoms with E-state index in [9.17, 15) is 9.59 Å². The van der Waals surface area contributed by atoms with Crippen molar-refractivity contribution in [3.8, 4) is 11.5 Å². The lowest BCUT2D eigenvalue weighted by Gasteiger charge is -2.19. The molecular weight excluding hydrogens is 308 g/mol. The standard InChI is InChI=1S/C18H18N2O4/c1-12(21)20-15-4-2-3-14(10-15)18(22)19-11-13-5-6-16-17(9-13)24-8-7-23-16/h2-6,9-10H,7-8,11H2,1H3,(H,19,22)(H,20,21). The largest absolute Gasteiger partial charge is 0.486 e. The van der Waals surface area contributed by atoms with Crippen molar-refractivity contribution < 1.29 is 19.1 Å². The molecule has 0 atom stereocenters. The Morgan fingerprint density at radius 1 is 1.04 bits per heavy atom. The number of benzene rings is 2. The topological polar surface area (TPSA) is 76.7 Å². The van der Waals surface area contributed by atoms with E-state index in [0.29, 0.717) is 36.8 Å². The Balaban J connectivity index is 1.64. The molecule has 0 aromatic heterocycles. The minimum absolute atomic E-state index is 0.177. The van der Waals surface area contributed by atoms with Crippen LogP contribution in [0.3, 0.4) is 0 Å². The molecule has 0 saturated heterocycles. The fraction of sp³-hybridized carbons (Fsp3) is 0.222. The predicted molar refractivity (Wildman–Crippen MR) is 89.3 cm³/mol. The lowest BCUT2D eigenvalue weighted by Crippen LogP contribution is -2.23. The molecule has 0 fully saturated rings. The van der Waals surface area contributed by atoms with E-state index < -0.39 is 0 Å². The molecule has 124 valence electrons. The lowest BCUT2D eigenvalue weighted by molar-refractivity contribution is -0.114. The van der Waals surface area contributed by atoms with Gasteiger partial charge in [0.05, 0.1) is 0 Å². The molecule has 1 heterocycles. The number of anilines is 1. The Labute approximate surface area is 139 Å². The van der Waals surface area contributed by atoms with Crippen LogP contribution in [-0.2, 0) is 11.3 Å². The third kappa shape index (κ3) is 3.84. The van der Waals surface area contributed by atoms with Crippen molar-refractivity contribution in [2.75, 3.05) is 18.5 Å². The SMILES string of the molecule is CC(=O)Nc1cccc(C(=O)NCc2ccc3c(c2)OCCO3)c1. The van der Waals surface area contributed by atoms with Crippen molar-refractivity contribution in [3.63, 3.8) is 0 Å². The average Bonchev–Trinajstić information content (AvgIpc) is 2.59. The number of nitrogens with one attached hydrogen (secondary N) is 2. The summed E-state index contributed by atoms with van der Waals surface area (Å²) in [6.07, 6.45) is 0. The van der Waals surface area contributed by atoms with Gasteiger partial charge in [0.1, 0.15) is 13.2 Å². The first-order chi connectivity index (χ1) is 11.6. The van der Waals surface area contributed by atoms with E-state index in [-0.39, 0.29) is 11.8 Å². The number of carbonyl (C=O) groups is 2. The lowest BCUT2D eigenvalue weighted by atomic mass is 10.1. The minimum atomic E-state index is -0.211. The average molecular weight is 326 g/mol. The minimum Gasteiger partial charge on any atom is -0.486 e. The van der Waals surface area contributed by atoms with Gasteiger partial charge in [-0.1, -0.05) is 12.1 Å². The fourth-order valence-corrected chi connectivity index (χ4v) is 2.42. The van der Waals surface area contributed by atoms with Gasteiger partial charge in [-0.25, -0.2) is 0 Å². The third-order valence-corrected chi connectivity index (χ3v) is 3.50. The van der Waals surface area contributed by atoms with Crippen LogP contribution in [0.2, 0.25) is 0 Å². The summed E-state index contributed by atoms with van der Waals surface area (Å²) in [6.45, 7) is 2.88. The van der Waals surface area contributed by atoms with Crippen molar-refractivity contribution >= 4 is 17.5 Å². The monoisotopic (exact) mass is 326 g/mol. The van der Waals surface area contributed by atoms with E-state index in [1.165, 1.54) is 6.92 Å². The van der Waals surface area contributed by atoms with Crippen molar-refractivity contribution in [2.24, 2.45) is 0 Å². The summed E-state index contributed by atoms with van der Waals surface area (Å²) in [4.78, 5) is 23.4. The Morgan fingerprint density at radius 2 is 1.83 bits per heavy atom. The van der Waals surface area contributed by atoms with Gasteiger partial charge in [-0.2, -0.15) is 0 Å². The second-order valence-electron chi connectivity index (χ2n) is 5.42. The van der Waals surface area contributed by atoms with Gasteiger partial charge >= 0.3 is 0 Å². The molecule has 0 aliphatic carbocycles. The van der Waals surface area contributed by atoms with E-state index in [2.05, 4.69) is 10.6 Å². The first-order valence-electron chi connectivity index (χ1n) is 7.66. The summed E-state index contributed by atoms with van der Waals surface area (Å²) in [6, 6.07) is 12.4. The molecular formula is C18H18N2O4.